The fourth-order valence-electron chi connectivity index (χ4n) is 1.18. The molecule has 0 spiro atoms. The highest BCUT2D eigenvalue weighted by molar-refractivity contribution is 6.16. The van der Waals surface area contributed by atoms with Gasteiger partial charge in [-0.1, -0.05) is 12.1 Å². The van der Waals surface area contributed by atoms with E-state index in [-0.39, 0.29) is 5.88 Å². The third-order valence-corrected chi connectivity index (χ3v) is 2.06. The summed E-state index contributed by atoms with van der Waals surface area (Å²) in [4.78, 5) is 4.11. The van der Waals surface area contributed by atoms with Crippen molar-refractivity contribution in [1.82, 2.24) is 4.98 Å². The summed E-state index contributed by atoms with van der Waals surface area (Å²) in [5.41, 5.74) is 0.797. The number of benzene rings is 1. The first-order valence-electron chi connectivity index (χ1n) is 3.85. The Kier molecular flexibility index (Phi) is 2.02. The second-order valence-corrected chi connectivity index (χ2v) is 2.94. The summed E-state index contributed by atoms with van der Waals surface area (Å²) >= 11 is 5.55. The molecule has 0 aliphatic carbocycles. The van der Waals surface area contributed by atoms with Crippen molar-refractivity contribution < 1.29 is 4.73 Å². The molecule has 3 nitrogen and oxygen atoms in total. The van der Waals surface area contributed by atoms with Gasteiger partial charge in [0.05, 0.1) is 5.39 Å². The second-order valence-electron chi connectivity index (χ2n) is 2.68. The largest absolute Gasteiger partial charge is 0.711 e. The van der Waals surface area contributed by atoms with Crippen LogP contribution in [-0.4, -0.2) is 4.98 Å². The molecule has 2 aromatic rings. The predicted molar refractivity (Wildman–Crippen MR) is 50.3 cm³/mol. The smallest absolute Gasteiger partial charge is 0.316 e. The number of alkyl halides is 1. The maximum Gasteiger partial charge on any atom is 0.316 e. The van der Waals surface area contributed by atoms with Crippen LogP contribution in [0.1, 0.15) is 5.82 Å². The number of aromatic nitrogens is 2. The molecule has 0 atom stereocenters. The van der Waals surface area contributed by atoms with E-state index in [0.717, 1.165) is 10.9 Å². The average molecular weight is 195 g/mol. The molecule has 0 saturated carbocycles. The first-order chi connectivity index (χ1) is 6.31. The monoisotopic (exact) mass is 194 g/mol. The molecule has 0 bridgehead atoms. The number of para-hydroxylation sites is 1. The highest BCUT2D eigenvalue weighted by Crippen LogP contribution is 2.08. The lowest BCUT2D eigenvalue weighted by Gasteiger charge is -2.03. The van der Waals surface area contributed by atoms with Crippen LogP contribution in [0.25, 0.3) is 10.9 Å². The Morgan fingerprint density at radius 1 is 1.38 bits per heavy atom. The third kappa shape index (κ3) is 1.42. The van der Waals surface area contributed by atoms with Gasteiger partial charge in [0.2, 0.25) is 0 Å². The van der Waals surface area contributed by atoms with Crippen LogP contribution < -0.4 is 4.73 Å². The lowest BCUT2D eigenvalue weighted by molar-refractivity contribution is -0.614. The zero-order valence-corrected chi connectivity index (χ0v) is 7.53. The summed E-state index contributed by atoms with van der Waals surface area (Å²) in [5, 5.41) is 12.1. The Labute approximate surface area is 80.2 Å². The molecule has 0 radical (unpaired) electrons. The van der Waals surface area contributed by atoms with Gasteiger partial charge in [-0.2, -0.15) is 0 Å². The summed E-state index contributed by atoms with van der Waals surface area (Å²) in [7, 11) is 0. The Morgan fingerprint density at radius 2 is 2.15 bits per heavy atom. The second kappa shape index (κ2) is 3.18. The van der Waals surface area contributed by atoms with Gasteiger partial charge in [-0.3, -0.25) is 0 Å². The minimum Gasteiger partial charge on any atom is -0.711 e. The van der Waals surface area contributed by atoms with Crippen LogP contribution in [0.3, 0.4) is 0 Å². The maximum absolute atomic E-state index is 11.2. The van der Waals surface area contributed by atoms with Gasteiger partial charge in [-0.25, -0.2) is 4.73 Å². The summed E-state index contributed by atoms with van der Waals surface area (Å²) in [6.07, 6.45) is 1.49. The summed E-state index contributed by atoms with van der Waals surface area (Å²) in [6, 6.07) is 7.44. The molecule has 13 heavy (non-hydrogen) atoms. The quantitative estimate of drug-likeness (QED) is 0.393. The highest BCUT2D eigenvalue weighted by atomic mass is 35.5. The van der Waals surface area contributed by atoms with E-state index in [1.165, 1.54) is 6.20 Å². The van der Waals surface area contributed by atoms with Gasteiger partial charge in [0, 0.05) is 0 Å². The van der Waals surface area contributed by atoms with E-state index < -0.39 is 0 Å². The summed E-state index contributed by atoms with van der Waals surface area (Å²) in [6.45, 7) is 0. The molecule has 0 aliphatic rings. The van der Waals surface area contributed by atoms with Gasteiger partial charge in [-0.05, 0) is 17.1 Å². The van der Waals surface area contributed by atoms with Gasteiger partial charge in [-0.15, -0.1) is 11.6 Å². The van der Waals surface area contributed by atoms with Crippen molar-refractivity contribution in [2.24, 2.45) is 0 Å². The van der Waals surface area contributed by atoms with Gasteiger partial charge in [0.15, 0.2) is 5.52 Å². The van der Waals surface area contributed by atoms with Crippen LogP contribution in [0.15, 0.2) is 30.5 Å². The van der Waals surface area contributed by atoms with Crippen LogP contribution in [0.2, 0.25) is 0 Å². The van der Waals surface area contributed by atoms with E-state index in [1.807, 2.05) is 24.3 Å². The van der Waals surface area contributed by atoms with Crippen molar-refractivity contribution in [3.63, 3.8) is 0 Å². The van der Waals surface area contributed by atoms with Gasteiger partial charge >= 0.3 is 5.82 Å². The van der Waals surface area contributed by atoms with Crippen LogP contribution in [-0.2, 0) is 5.88 Å². The van der Waals surface area contributed by atoms with Crippen LogP contribution in [0, 0.1) is 5.21 Å². The van der Waals surface area contributed by atoms with Crippen LogP contribution in [0.5, 0.6) is 0 Å². The lowest BCUT2D eigenvalue weighted by Crippen LogP contribution is -2.32. The molecule has 1 aromatic carbocycles. The fourth-order valence-corrected chi connectivity index (χ4v) is 1.35. The summed E-state index contributed by atoms with van der Waals surface area (Å²) in [5.74, 6) is 0.467. The third-order valence-electron chi connectivity index (χ3n) is 1.82. The normalized spacial score (nSPS) is 10.5. The Bertz CT molecular complexity index is 445. The first-order valence-corrected chi connectivity index (χ1v) is 4.38. The summed E-state index contributed by atoms with van der Waals surface area (Å²) < 4.78 is 0.704. The van der Waals surface area contributed by atoms with Crippen molar-refractivity contribution in [3.05, 3.63) is 41.5 Å². The number of nitrogens with zero attached hydrogens (tertiary/aromatic N) is 2. The van der Waals surface area contributed by atoms with Crippen molar-refractivity contribution in [1.29, 1.82) is 0 Å². The molecule has 0 unspecified atom stereocenters. The van der Waals surface area contributed by atoms with Gasteiger partial charge in [0.1, 0.15) is 12.1 Å². The van der Waals surface area contributed by atoms with E-state index in [2.05, 4.69) is 4.98 Å². The minimum atomic E-state index is 0.133. The van der Waals surface area contributed by atoms with Crippen molar-refractivity contribution >= 4 is 22.5 Å². The number of halogens is 1. The Hall–Kier alpha value is -1.35. The number of hydrogen-bond acceptors (Lipinski definition) is 2. The Morgan fingerprint density at radius 3 is 2.92 bits per heavy atom. The number of hydrogen-bond donors (Lipinski definition) is 0. The average Bonchev–Trinajstić information content (AvgIpc) is 2.17. The van der Waals surface area contributed by atoms with Gasteiger partial charge < -0.3 is 5.21 Å². The molecule has 66 valence electrons. The molecule has 0 N–H and O–H groups in total. The minimum absolute atomic E-state index is 0.133. The molecule has 0 saturated heterocycles. The standard InChI is InChI=1S/C9H7ClN2O/c10-5-9-11-8-4-2-1-3-7(8)6-12(9)13/h1-4,6H,5H2. The zero-order valence-electron chi connectivity index (χ0n) is 6.77. The topological polar surface area (TPSA) is 39.8 Å². The number of fused-ring (bicyclic) bond motifs is 1. The molecule has 1 heterocycles. The predicted octanol–water partition coefficient (Wildman–Crippen LogP) is 1.61. The molecular weight excluding hydrogens is 188 g/mol. The fraction of sp³-hybridized carbons (Fsp3) is 0.111. The van der Waals surface area contributed by atoms with E-state index in [9.17, 15) is 5.21 Å². The molecule has 0 aliphatic heterocycles. The van der Waals surface area contributed by atoms with Crippen molar-refractivity contribution in [3.8, 4) is 0 Å². The first kappa shape index (κ1) is 8.26. The van der Waals surface area contributed by atoms with Crippen LogP contribution in [0.4, 0.5) is 0 Å². The lowest BCUT2D eigenvalue weighted by atomic mass is 10.2. The Balaban J connectivity index is 2.74. The van der Waals surface area contributed by atoms with E-state index in [0.29, 0.717) is 10.6 Å². The van der Waals surface area contributed by atoms with E-state index in [1.54, 1.807) is 0 Å². The number of rotatable bonds is 1. The maximum atomic E-state index is 11.2. The highest BCUT2D eigenvalue weighted by Gasteiger charge is 2.08. The molecule has 0 fully saturated rings. The van der Waals surface area contributed by atoms with E-state index in [4.69, 9.17) is 11.6 Å². The van der Waals surface area contributed by atoms with Gasteiger partial charge in [0.25, 0.3) is 0 Å². The van der Waals surface area contributed by atoms with Crippen molar-refractivity contribution in [2.45, 2.75) is 5.88 Å². The molecule has 2 rings (SSSR count). The molecular formula is C9H7ClN2O. The molecule has 4 heteroatoms. The van der Waals surface area contributed by atoms with Crippen LogP contribution >= 0.6 is 11.6 Å². The van der Waals surface area contributed by atoms with E-state index >= 15 is 0 Å². The zero-order chi connectivity index (χ0) is 9.26. The van der Waals surface area contributed by atoms with Crippen molar-refractivity contribution in [2.75, 3.05) is 0 Å². The SMILES string of the molecule is [O-][n+]1cc2ccccc2nc1CCl. The molecule has 1 aromatic heterocycles. The molecule has 0 amide bonds.